The van der Waals surface area contributed by atoms with Crippen LogP contribution in [0.5, 0.6) is 0 Å². The fraction of sp³-hybridized carbons (Fsp3) is 0.400. The fourth-order valence-electron chi connectivity index (χ4n) is 2.26. The van der Waals surface area contributed by atoms with Crippen LogP contribution in [0.2, 0.25) is 0 Å². The molecular formula is C15H20N2O2. The Kier molecular flexibility index (Phi) is 4.47. The Morgan fingerprint density at radius 3 is 2.89 bits per heavy atom. The molecule has 0 radical (unpaired) electrons. The van der Waals surface area contributed by atoms with Gasteiger partial charge in [0.25, 0.3) is 0 Å². The Hall–Kier alpha value is -1.49. The summed E-state index contributed by atoms with van der Waals surface area (Å²) in [6.45, 7) is 0.792. The van der Waals surface area contributed by atoms with Crippen LogP contribution >= 0.6 is 0 Å². The molecular weight excluding hydrogens is 240 g/mol. The smallest absolute Gasteiger partial charge is 0.114 e. The van der Waals surface area contributed by atoms with Gasteiger partial charge < -0.3 is 15.6 Å². The maximum Gasteiger partial charge on any atom is 0.114 e. The van der Waals surface area contributed by atoms with Crippen molar-refractivity contribution >= 4 is 10.9 Å². The van der Waals surface area contributed by atoms with Crippen LogP contribution in [0.4, 0.5) is 0 Å². The number of methoxy groups -OCH3 is 1. The molecule has 0 saturated heterocycles. The first-order chi connectivity index (χ1) is 9.19. The number of rotatable bonds is 6. The topological polar surface area (TPSA) is 68.4 Å². The second kappa shape index (κ2) is 6.10. The molecule has 102 valence electrons. The van der Waals surface area contributed by atoms with E-state index in [-0.39, 0.29) is 6.61 Å². The Labute approximate surface area is 113 Å². The van der Waals surface area contributed by atoms with E-state index in [2.05, 4.69) is 4.98 Å². The summed E-state index contributed by atoms with van der Waals surface area (Å²) in [6, 6.07) is 9.82. The van der Waals surface area contributed by atoms with Gasteiger partial charge >= 0.3 is 0 Å². The molecule has 1 atom stereocenters. The molecule has 3 N–H and O–H groups in total. The zero-order valence-corrected chi connectivity index (χ0v) is 11.2. The Morgan fingerprint density at radius 2 is 2.16 bits per heavy atom. The minimum absolute atomic E-state index is 0.243. The third-order valence-corrected chi connectivity index (χ3v) is 3.31. The molecule has 0 aliphatic carbocycles. The van der Waals surface area contributed by atoms with E-state index in [9.17, 15) is 5.11 Å². The summed E-state index contributed by atoms with van der Waals surface area (Å²) in [7, 11) is 1.59. The van der Waals surface area contributed by atoms with Gasteiger partial charge in [-0.15, -0.1) is 0 Å². The first-order valence-corrected chi connectivity index (χ1v) is 6.46. The van der Waals surface area contributed by atoms with Crippen molar-refractivity contribution in [3.63, 3.8) is 0 Å². The number of hydrogen-bond donors (Lipinski definition) is 2. The molecule has 1 aromatic carbocycles. The van der Waals surface area contributed by atoms with Gasteiger partial charge in [-0.25, -0.2) is 0 Å². The predicted octanol–water partition coefficient (Wildman–Crippen LogP) is 1.81. The van der Waals surface area contributed by atoms with E-state index < -0.39 is 5.60 Å². The maximum absolute atomic E-state index is 10.8. The zero-order valence-electron chi connectivity index (χ0n) is 11.2. The van der Waals surface area contributed by atoms with Crippen LogP contribution in [-0.2, 0) is 10.3 Å². The second-order valence-corrected chi connectivity index (χ2v) is 4.77. The van der Waals surface area contributed by atoms with E-state index in [1.807, 2.05) is 30.3 Å². The van der Waals surface area contributed by atoms with Crippen molar-refractivity contribution < 1.29 is 9.84 Å². The highest BCUT2D eigenvalue weighted by Crippen LogP contribution is 2.28. The predicted molar refractivity (Wildman–Crippen MR) is 75.8 cm³/mol. The summed E-state index contributed by atoms with van der Waals surface area (Å²) in [5.41, 5.74) is 6.21. The number of hydrogen-bond acceptors (Lipinski definition) is 4. The number of fused-ring (bicyclic) bond motifs is 1. The van der Waals surface area contributed by atoms with Crippen molar-refractivity contribution in [3.8, 4) is 0 Å². The maximum atomic E-state index is 10.8. The van der Waals surface area contributed by atoms with E-state index in [4.69, 9.17) is 10.5 Å². The first-order valence-electron chi connectivity index (χ1n) is 6.46. The summed E-state index contributed by atoms with van der Waals surface area (Å²) in [6.07, 6.45) is 3.03. The van der Waals surface area contributed by atoms with Gasteiger partial charge in [0, 0.05) is 24.3 Å². The second-order valence-electron chi connectivity index (χ2n) is 4.77. The molecule has 0 fully saturated rings. The van der Waals surface area contributed by atoms with Gasteiger partial charge in [0.15, 0.2) is 0 Å². The van der Waals surface area contributed by atoms with Gasteiger partial charge in [-0.05, 0) is 31.5 Å². The normalized spacial score (nSPS) is 14.5. The van der Waals surface area contributed by atoms with Crippen LogP contribution in [-0.4, -0.2) is 30.4 Å². The lowest BCUT2D eigenvalue weighted by Gasteiger charge is -2.27. The molecule has 0 saturated carbocycles. The molecule has 0 amide bonds. The largest absolute Gasteiger partial charge is 0.383 e. The highest BCUT2D eigenvalue weighted by atomic mass is 16.5. The van der Waals surface area contributed by atoms with Gasteiger partial charge in [0.1, 0.15) is 5.60 Å². The molecule has 0 bridgehead atoms. The lowest BCUT2D eigenvalue weighted by atomic mass is 9.90. The number of pyridine rings is 1. The fourth-order valence-corrected chi connectivity index (χ4v) is 2.26. The van der Waals surface area contributed by atoms with Crippen molar-refractivity contribution in [2.75, 3.05) is 20.3 Å². The van der Waals surface area contributed by atoms with Crippen LogP contribution in [0.3, 0.4) is 0 Å². The number of para-hydroxylation sites is 1. The van der Waals surface area contributed by atoms with E-state index in [0.29, 0.717) is 13.0 Å². The number of ether oxygens (including phenoxy) is 1. The molecule has 2 aromatic rings. The Bertz CT molecular complexity index is 544. The molecule has 0 spiro atoms. The van der Waals surface area contributed by atoms with E-state index in [1.165, 1.54) is 0 Å². The number of nitrogens with zero attached hydrogens (tertiary/aromatic N) is 1. The highest BCUT2D eigenvalue weighted by Gasteiger charge is 2.29. The van der Waals surface area contributed by atoms with Gasteiger partial charge in [-0.1, -0.05) is 18.2 Å². The van der Waals surface area contributed by atoms with Gasteiger partial charge in [-0.3, -0.25) is 4.98 Å². The van der Waals surface area contributed by atoms with Crippen LogP contribution in [0.25, 0.3) is 10.9 Å². The highest BCUT2D eigenvalue weighted by molar-refractivity contribution is 5.78. The number of benzene rings is 1. The SMILES string of the molecule is COCC(O)(CCCN)c1cnc2ccccc2c1. The van der Waals surface area contributed by atoms with Crippen LogP contribution in [0.15, 0.2) is 36.5 Å². The molecule has 4 nitrogen and oxygen atoms in total. The zero-order chi connectivity index (χ0) is 13.7. The molecule has 1 unspecified atom stereocenters. The number of aromatic nitrogens is 1. The van der Waals surface area contributed by atoms with Crippen molar-refractivity contribution in [2.24, 2.45) is 5.73 Å². The van der Waals surface area contributed by atoms with Gasteiger partial charge in [-0.2, -0.15) is 0 Å². The summed E-state index contributed by atoms with van der Waals surface area (Å²) in [5, 5.41) is 11.8. The average molecular weight is 260 g/mol. The lowest BCUT2D eigenvalue weighted by Crippen LogP contribution is -2.32. The third-order valence-electron chi connectivity index (χ3n) is 3.31. The summed E-state index contributed by atoms with van der Waals surface area (Å²) >= 11 is 0. The van der Waals surface area contributed by atoms with Crippen molar-refractivity contribution in [3.05, 3.63) is 42.1 Å². The first kappa shape index (κ1) is 13.9. The number of nitrogens with two attached hydrogens (primary N) is 1. The lowest BCUT2D eigenvalue weighted by molar-refractivity contribution is -0.0430. The van der Waals surface area contributed by atoms with Crippen LogP contribution < -0.4 is 5.73 Å². The van der Waals surface area contributed by atoms with Crippen LogP contribution in [0, 0.1) is 0 Å². The summed E-state index contributed by atoms with van der Waals surface area (Å²) < 4.78 is 5.15. The third kappa shape index (κ3) is 3.10. The summed E-state index contributed by atoms with van der Waals surface area (Å²) in [5.74, 6) is 0. The molecule has 1 aromatic heterocycles. The molecule has 4 heteroatoms. The minimum atomic E-state index is -1.02. The molecule has 2 rings (SSSR count). The Morgan fingerprint density at radius 1 is 1.37 bits per heavy atom. The van der Waals surface area contributed by atoms with E-state index in [0.717, 1.165) is 22.9 Å². The standard InChI is InChI=1S/C15H20N2O2/c1-19-11-15(18,7-4-8-16)13-9-12-5-2-3-6-14(12)17-10-13/h2-3,5-6,9-10,18H,4,7-8,11,16H2,1H3. The molecule has 0 aliphatic heterocycles. The van der Waals surface area contributed by atoms with Crippen molar-refractivity contribution in [1.82, 2.24) is 4.98 Å². The monoisotopic (exact) mass is 260 g/mol. The molecule has 1 heterocycles. The minimum Gasteiger partial charge on any atom is -0.383 e. The Balaban J connectivity index is 2.37. The quantitative estimate of drug-likeness (QED) is 0.831. The number of aliphatic hydroxyl groups is 1. The molecule has 0 aliphatic rings. The van der Waals surface area contributed by atoms with Crippen molar-refractivity contribution in [1.29, 1.82) is 0 Å². The summed E-state index contributed by atoms with van der Waals surface area (Å²) in [4.78, 5) is 4.39. The molecule has 19 heavy (non-hydrogen) atoms. The van der Waals surface area contributed by atoms with Crippen LogP contribution in [0.1, 0.15) is 18.4 Å². The van der Waals surface area contributed by atoms with Gasteiger partial charge in [0.2, 0.25) is 0 Å². The average Bonchev–Trinajstić information content (AvgIpc) is 2.45. The van der Waals surface area contributed by atoms with Gasteiger partial charge in [0.05, 0.1) is 12.1 Å². The van der Waals surface area contributed by atoms with Crippen molar-refractivity contribution in [2.45, 2.75) is 18.4 Å². The van der Waals surface area contributed by atoms with E-state index in [1.54, 1.807) is 13.3 Å². The van der Waals surface area contributed by atoms with E-state index >= 15 is 0 Å².